The van der Waals surface area contributed by atoms with Gasteiger partial charge < -0.3 is 15.2 Å². The summed E-state index contributed by atoms with van der Waals surface area (Å²) in [5.41, 5.74) is 11.2. The molecule has 2 aromatic carbocycles. The predicted octanol–water partition coefficient (Wildman–Crippen LogP) is 6.55. The Morgan fingerprint density at radius 3 is 2.53 bits per heavy atom. The van der Waals surface area contributed by atoms with Crippen molar-refractivity contribution in [1.29, 1.82) is 0 Å². The SMILES string of the molecule is CCCCCCOC(=O)Oc1ccc(CCc2cnc3c(N)nc4cc(C)ccc4c3c2)cc1. The number of nitrogen functional groups attached to an aromatic ring is 1. The first-order chi connectivity index (χ1) is 16.5. The standard InChI is InChI=1S/C28H31N3O3/c1-3-4-5-6-15-33-28(32)34-22-12-10-20(11-13-22)8-9-21-17-24-23-14-7-19(2)16-25(23)31-27(29)26(24)30-18-21/h7,10-14,16-18H,3-6,8-9,15H2,1-2H3,(H2,29,31). The molecule has 0 atom stereocenters. The number of pyridine rings is 2. The third-order valence-electron chi connectivity index (χ3n) is 5.92. The molecule has 176 valence electrons. The molecule has 6 heteroatoms. The minimum absolute atomic E-state index is 0.396. The molecular formula is C28H31N3O3. The zero-order valence-electron chi connectivity index (χ0n) is 19.8. The lowest BCUT2D eigenvalue weighted by Crippen LogP contribution is -2.11. The minimum Gasteiger partial charge on any atom is -0.434 e. The van der Waals surface area contributed by atoms with Crippen molar-refractivity contribution >= 4 is 33.8 Å². The molecule has 0 saturated heterocycles. The van der Waals surface area contributed by atoms with Gasteiger partial charge in [0.15, 0.2) is 5.82 Å². The van der Waals surface area contributed by atoms with Gasteiger partial charge in [-0.2, -0.15) is 0 Å². The van der Waals surface area contributed by atoms with Crippen LogP contribution in [0.25, 0.3) is 21.8 Å². The largest absolute Gasteiger partial charge is 0.513 e. The minimum atomic E-state index is -0.650. The third kappa shape index (κ3) is 5.81. The number of anilines is 1. The highest BCUT2D eigenvalue weighted by Gasteiger charge is 2.10. The van der Waals surface area contributed by atoms with Crippen molar-refractivity contribution < 1.29 is 14.3 Å². The van der Waals surface area contributed by atoms with E-state index in [2.05, 4.69) is 35.1 Å². The van der Waals surface area contributed by atoms with E-state index in [1.807, 2.05) is 31.3 Å². The first-order valence-electron chi connectivity index (χ1n) is 11.9. The summed E-state index contributed by atoms with van der Waals surface area (Å²) in [5, 5.41) is 2.08. The van der Waals surface area contributed by atoms with Gasteiger partial charge >= 0.3 is 6.16 Å². The number of benzene rings is 2. The van der Waals surface area contributed by atoms with Crippen LogP contribution >= 0.6 is 0 Å². The zero-order valence-corrected chi connectivity index (χ0v) is 19.8. The molecule has 0 saturated carbocycles. The van der Waals surface area contributed by atoms with Gasteiger partial charge in [-0.3, -0.25) is 4.98 Å². The van der Waals surface area contributed by atoms with Crippen LogP contribution in [0.15, 0.2) is 54.7 Å². The number of ether oxygens (including phenoxy) is 2. The van der Waals surface area contributed by atoms with E-state index in [1.54, 1.807) is 12.1 Å². The Morgan fingerprint density at radius 1 is 0.941 bits per heavy atom. The molecule has 4 aromatic rings. The van der Waals surface area contributed by atoms with Crippen molar-refractivity contribution in [2.45, 2.75) is 52.4 Å². The highest BCUT2D eigenvalue weighted by molar-refractivity contribution is 6.08. The van der Waals surface area contributed by atoms with Gasteiger partial charge in [0.1, 0.15) is 11.3 Å². The lowest BCUT2D eigenvalue weighted by atomic mass is 10.0. The maximum atomic E-state index is 11.8. The van der Waals surface area contributed by atoms with Crippen molar-refractivity contribution in [2.24, 2.45) is 0 Å². The van der Waals surface area contributed by atoms with E-state index >= 15 is 0 Å². The van der Waals surface area contributed by atoms with Crippen molar-refractivity contribution in [3.05, 3.63) is 71.4 Å². The molecule has 0 fully saturated rings. The molecule has 2 N–H and O–H groups in total. The van der Waals surface area contributed by atoms with Crippen molar-refractivity contribution in [3.63, 3.8) is 0 Å². The van der Waals surface area contributed by atoms with Gasteiger partial charge in [0.25, 0.3) is 0 Å². The molecule has 6 nitrogen and oxygen atoms in total. The molecule has 2 aromatic heterocycles. The van der Waals surface area contributed by atoms with Gasteiger partial charge in [0, 0.05) is 17.0 Å². The van der Waals surface area contributed by atoms with E-state index in [0.717, 1.165) is 77.0 Å². The molecule has 0 amide bonds. The van der Waals surface area contributed by atoms with E-state index in [-0.39, 0.29) is 0 Å². The predicted molar refractivity (Wildman–Crippen MR) is 136 cm³/mol. The van der Waals surface area contributed by atoms with Gasteiger partial charge in [0.2, 0.25) is 0 Å². The summed E-state index contributed by atoms with van der Waals surface area (Å²) < 4.78 is 10.4. The smallest absolute Gasteiger partial charge is 0.434 e. The topological polar surface area (TPSA) is 87.3 Å². The highest BCUT2D eigenvalue weighted by Crippen LogP contribution is 2.28. The summed E-state index contributed by atoms with van der Waals surface area (Å²) in [7, 11) is 0. The number of hydrogen-bond acceptors (Lipinski definition) is 6. The number of carbonyl (C=O) groups is 1. The zero-order chi connectivity index (χ0) is 23.9. The Hall–Kier alpha value is -3.67. The number of nitrogens with zero attached hydrogens (tertiary/aromatic N) is 2. The van der Waals surface area contributed by atoms with Crippen LogP contribution < -0.4 is 10.5 Å². The van der Waals surface area contributed by atoms with Crippen molar-refractivity contribution in [3.8, 4) is 5.75 Å². The van der Waals surface area contributed by atoms with E-state index in [1.165, 1.54) is 0 Å². The summed E-state index contributed by atoms with van der Waals surface area (Å²) >= 11 is 0. The van der Waals surface area contributed by atoms with Crippen LogP contribution in [-0.2, 0) is 17.6 Å². The van der Waals surface area contributed by atoms with Crippen LogP contribution in [0.2, 0.25) is 0 Å². The molecule has 0 radical (unpaired) electrons. The molecule has 0 aliphatic heterocycles. The van der Waals surface area contributed by atoms with Crippen LogP contribution in [0.1, 0.15) is 49.3 Å². The average molecular weight is 458 g/mol. The number of carbonyl (C=O) groups excluding carboxylic acids is 1. The number of aryl methyl sites for hydroxylation is 3. The Bertz CT molecular complexity index is 1290. The lowest BCUT2D eigenvalue weighted by molar-refractivity contribution is 0.0973. The fraction of sp³-hybridized carbons (Fsp3) is 0.321. The summed E-state index contributed by atoms with van der Waals surface area (Å²) in [6.45, 7) is 4.59. The van der Waals surface area contributed by atoms with E-state index in [4.69, 9.17) is 15.2 Å². The number of rotatable bonds is 9. The van der Waals surface area contributed by atoms with E-state index in [9.17, 15) is 4.79 Å². The quantitative estimate of drug-likeness (QED) is 0.133. The Morgan fingerprint density at radius 2 is 1.74 bits per heavy atom. The van der Waals surface area contributed by atoms with E-state index < -0.39 is 6.16 Å². The number of aromatic nitrogens is 2. The number of unbranched alkanes of at least 4 members (excludes halogenated alkanes) is 3. The second-order valence-electron chi connectivity index (χ2n) is 8.66. The third-order valence-corrected chi connectivity index (χ3v) is 5.92. The molecule has 34 heavy (non-hydrogen) atoms. The van der Waals surface area contributed by atoms with Gasteiger partial charge in [-0.25, -0.2) is 9.78 Å². The summed E-state index contributed by atoms with van der Waals surface area (Å²) in [6, 6.07) is 15.9. The first-order valence-corrected chi connectivity index (χ1v) is 11.9. The fourth-order valence-corrected chi connectivity index (χ4v) is 4.02. The number of nitrogens with two attached hydrogens (primary N) is 1. The maximum Gasteiger partial charge on any atom is 0.513 e. The molecule has 0 unspecified atom stereocenters. The second kappa shape index (κ2) is 11.0. The molecular weight excluding hydrogens is 426 g/mol. The molecule has 2 heterocycles. The molecule has 0 aliphatic carbocycles. The first kappa shape index (κ1) is 23.5. The number of hydrogen-bond donors (Lipinski definition) is 1. The van der Waals surface area contributed by atoms with Gasteiger partial charge in [0.05, 0.1) is 12.1 Å². The van der Waals surface area contributed by atoms with Gasteiger partial charge in [-0.15, -0.1) is 0 Å². The van der Waals surface area contributed by atoms with Gasteiger partial charge in [-0.1, -0.05) is 50.5 Å². The normalized spacial score (nSPS) is 11.1. The summed E-state index contributed by atoms with van der Waals surface area (Å²) in [4.78, 5) is 20.9. The van der Waals surface area contributed by atoms with Crippen LogP contribution in [0.4, 0.5) is 10.6 Å². The number of fused-ring (bicyclic) bond motifs is 3. The Balaban J connectivity index is 1.37. The van der Waals surface area contributed by atoms with Gasteiger partial charge in [-0.05, 0) is 67.1 Å². The van der Waals surface area contributed by atoms with Crippen molar-refractivity contribution in [1.82, 2.24) is 9.97 Å². The summed E-state index contributed by atoms with van der Waals surface area (Å²) in [6.07, 6.45) is 7.12. The van der Waals surface area contributed by atoms with Crippen LogP contribution in [-0.4, -0.2) is 22.7 Å². The van der Waals surface area contributed by atoms with E-state index in [0.29, 0.717) is 18.2 Å². The molecule has 4 rings (SSSR count). The maximum absolute atomic E-state index is 11.8. The monoisotopic (exact) mass is 457 g/mol. The Labute approximate surface area is 200 Å². The second-order valence-corrected chi connectivity index (χ2v) is 8.66. The molecule has 0 bridgehead atoms. The lowest BCUT2D eigenvalue weighted by Gasteiger charge is -2.09. The molecule has 0 aliphatic rings. The fourth-order valence-electron chi connectivity index (χ4n) is 4.02. The van der Waals surface area contributed by atoms with Crippen molar-refractivity contribution in [2.75, 3.05) is 12.3 Å². The average Bonchev–Trinajstić information content (AvgIpc) is 2.83. The molecule has 0 spiro atoms. The van der Waals surface area contributed by atoms with Crippen LogP contribution in [0.5, 0.6) is 5.75 Å². The van der Waals surface area contributed by atoms with Crippen LogP contribution in [0, 0.1) is 6.92 Å². The summed E-state index contributed by atoms with van der Waals surface area (Å²) in [5.74, 6) is 0.939. The van der Waals surface area contributed by atoms with Crippen LogP contribution in [0.3, 0.4) is 0 Å². The highest BCUT2D eigenvalue weighted by atomic mass is 16.7. The Kier molecular flexibility index (Phi) is 7.58.